The minimum Gasteiger partial charge on any atom is -0.321 e. The minimum atomic E-state index is -3.74. The molecule has 0 spiro atoms. The normalized spacial score (nSPS) is 11.2. The second kappa shape index (κ2) is 7.27. The molecule has 0 saturated carbocycles. The van der Waals surface area contributed by atoms with E-state index in [9.17, 15) is 13.2 Å². The van der Waals surface area contributed by atoms with Gasteiger partial charge in [-0.15, -0.1) is 0 Å². The van der Waals surface area contributed by atoms with Gasteiger partial charge in [-0.05, 0) is 43.7 Å². The largest absolute Gasteiger partial charge is 0.321 e. The molecule has 6 nitrogen and oxygen atoms in total. The zero-order chi connectivity index (χ0) is 18.7. The first-order chi connectivity index (χ1) is 12.3. The summed E-state index contributed by atoms with van der Waals surface area (Å²) in [6, 6.07) is 15.4. The molecule has 3 aromatic rings. The zero-order valence-corrected chi connectivity index (χ0v) is 15.8. The summed E-state index contributed by atoms with van der Waals surface area (Å²) in [7, 11) is -3.74. The Morgan fingerprint density at radius 2 is 1.77 bits per heavy atom. The molecule has 1 aromatic heterocycles. The van der Waals surface area contributed by atoms with E-state index >= 15 is 0 Å². The number of carbonyl (C=O) groups is 1. The van der Waals surface area contributed by atoms with Crippen molar-refractivity contribution in [3.8, 4) is 0 Å². The van der Waals surface area contributed by atoms with Crippen molar-refractivity contribution >= 4 is 38.1 Å². The third-order valence-corrected chi connectivity index (χ3v) is 6.11. The smallest absolute Gasteiger partial charge is 0.267 e. The van der Waals surface area contributed by atoms with Gasteiger partial charge in [0.05, 0.1) is 10.6 Å². The fraction of sp³-hybridized carbons (Fsp3) is 0.111. The van der Waals surface area contributed by atoms with E-state index in [2.05, 4.69) is 15.0 Å². The van der Waals surface area contributed by atoms with Crippen molar-refractivity contribution in [3.05, 3.63) is 70.7 Å². The third-order valence-electron chi connectivity index (χ3n) is 3.55. The van der Waals surface area contributed by atoms with Crippen LogP contribution in [-0.2, 0) is 10.0 Å². The molecule has 0 fully saturated rings. The monoisotopic (exact) mass is 387 g/mol. The van der Waals surface area contributed by atoms with Gasteiger partial charge in [0.2, 0.25) is 0 Å². The number of anilines is 2. The number of aryl methyl sites for hydroxylation is 2. The molecule has 0 bridgehead atoms. The number of thiazole rings is 1. The van der Waals surface area contributed by atoms with Gasteiger partial charge >= 0.3 is 0 Å². The molecule has 2 aromatic carbocycles. The molecule has 0 unspecified atom stereocenters. The maximum atomic E-state index is 12.5. The summed E-state index contributed by atoms with van der Waals surface area (Å²) in [5.74, 6) is -0.323. The number of carbonyl (C=O) groups excluding carboxylic acids is 1. The summed E-state index contributed by atoms with van der Waals surface area (Å²) >= 11 is 0.999. The van der Waals surface area contributed by atoms with Gasteiger partial charge in [-0.25, -0.2) is 13.4 Å². The summed E-state index contributed by atoms with van der Waals surface area (Å²) in [6.45, 7) is 3.60. The lowest BCUT2D eigenvalue weighted by Crippen LogP contribution is -2.12. The highest BCUT2D eigenvalue weighted by Gasteiger charge is 2.20. The average Bonchev–Trinajstić information content (AvgIpc) is 2.95. The van der Waals surface area contributed by atoms with Crippen LogP contribution in [0, 0.1) is 13.8 Å². The van der Waals surface area contributed by atoms with E-state index in [1.807, 2.05) is 25.1 Å². The lowest BCUT2D eigenvalue weighted by molar-refractivity contribution is 0.103. The number of nitrogens with one attached hydrogen (secondary N) is 2. The van der Waals surface area contributed by atoms with E-state index in [0.717, 1.165) is 16.9 Å². The van der Waals surface area contributed by atoms with Crippen LogP contribution in [-0.4, -0.2) is 19.3 Å². The minimum absolute atomic E-state index is 0.138. The van der Waals surface area contributed by atoms with E-state index in [-0.39, 0.29) is 15.9 Å². The Balaban J connectivity index is 1.80. The van der Waals surface area contributed by atoms with Crippen LogP contribution in [0.3, 0.4) is 0 Å². The second-order valence-electron chi connectivity index (χ2n) is 5.68. The lowest BCUT2D eigenvalue weighted by atomic mass is 10.2. The van der Waals surface area contributed by atoms with E-state index in [4.69, 9.17) is 0 Å². The van der Waals surface area contributed by atoms with E-state index in [1.54, 1.807) is 31.2 Å². The lowest BCUT2D eigenvalue weighted by Gasteiger charge is -2.05. The number of hydrogen-bond donors (Lipinski definition) is 2. The Labute approximate surface area is 156 Å². The average molecular weight is 387 g/mol. The van der Waals surface area contributed by atoms with Crippen molar-refractivity contribution < 1.29 is 13.2 Å². The van der Waals surface area contributed by atoms with Crippen LogP contribution < -0.4 is 10.0 Å². The summed E-state index contributed by atoms with van der Waals surface area (Å²) in [4.78, 5) is 17.1. The molecule has 0 aliphatic heterocycles. The third kappa shape index (κ3) is 4.09. The molecule has 0 aliphatic rings. The Hall–Kier alpha value is -2.71. The molecule has 134 valence electrons. The number of aromatic nitrogens is 1. The topological polar surface area (TPSA) is 88.2 Å². The molecular formula is C18H17N3O3S2. The molecule has 2 N–H and O–H groups in total. The van der Waals surface area contributed by atoms with Crippen LogP contribution in [0.4, 0.5) is 10.8 Å². The van der Waals surface area contributed by atoms with Crippen LogP contribution >= 0.6 is 11.3 Å². The number of hydrogen-bond acceptors (Lipinski definition) is 5. The molecule has 0 saturated heterocycles. The van der Waals surface area contributed by atoms with Crippen LogP contribution in [0.5, 0.6) is 0 Å². The van der Waals surface area contributed by atoms with Gasteiger partial charge in [-0.1, -0.05) is 41.7 Å². The Morgan fingerprint density at radius 1 is 1.04 bits per heavy atom. The molecule has 0 atom stereocenters. The summed E-state index contributed by atoms with van der Waals surface area (Å²) < 4.78 is 27.2. The predicted octanol–water partition coefficient (Wildman–Crippen LogP) is 3.81. The van der Waals surface area contributed by atoms with Gasteiger partial charge in [0.15, 0.2) is 5.13 Å². The number of sulfonamides is 1. The van der Waals surface area contributed by atoms with Crippen molar-refractivity contribution in [1.29, 1.82) is 0 Å². The van der Waals surface area contributed by atoms with E-state index < -0.39 is 10.0 Å². The van der Waals surface area contributed by atoms with Crippen molar-refractivity contribution in [1.82, 2.24) is 4.98 Å². The van der Waals surface area contributed by atoms with Gasteiger partial charge in [-0.2, -0.15) is 0 Å². The van der Waals surface area contributed by atoms with Gasteiger partial charge in [0.1, 0.15) is 4.88 Å². The van der Waals surface area contributed by atoms with Crippen LogP contribution in [0.25, 0.3) is 0 Å². The molecule has 1 amide bonds. The first kappa shape index (κ1) is 18.1. The SMILES string of the molecule is Cc1cccc(NC(=O)c2sc(NS(=O)(=O)c3ccccc3)nc2C)c1. The van der Waals surface area contributed by atoms with E-state index in [1.165, 1.54) is 12.1 Å². The maximum Gasteiger partial charge on any atom is 0.267 e. The van der Waals surface area contributed by atoms with Crippen molar-refractivity contribution in [2.75, 3.05) is 10.0 Å². The number of benzene rings is 2. The van der Waals surface area contributed by atoms with E-state index in [0.29, 0.717) is 16.3 Å². The van der Waals surface area contributed by atoms with Crippen LogP contribution in [0.15, 0.2) is 59.5 Å². The molecular weight excluding hydrogens is 370 g/mol. The highest BCUT2D eigenvalue weighted by Crippen LogP contribution is 2.26. The molecule has 26 heavy (non-hydrogen) atoms. The zero-order valence-electron chi connectivity index (χ0n) is 14.2. The number of amides is 1. The quantitative estimate of drug-likeness (QED) is 0.697. The van der Waals surface area contributed by atoms with Crippen molar-refractivity contribution in [3.63, 3.8) is 0 Å². The molecule has 0 aliphatic carbocycles. The standard InChI is InChI=1S/C18H17N3O3S2/c1-12-7-6-8-14(11-12)20-17(22)16-13(2)19-18(25-16)21-26(23,24)15-9-4-3-5-10-15/h3-11H,1-2H3,(H,19,21)(H,20,22). The highest BCUT2D eigenvalue weighted by molar-refractivity contribution is 7.93. The first-order valence-corrected chi connectivity index (χ1v) is 10.1. The summed E-state index contributed by atoms with van der Waals surface area (Å²) in [5, 5.41) is 2.96. The molecule has 3 rings (SSSR count). The van der Waals surface area contributed by atoms with Gasteiger partial charge in [-0.3, -0.25) is 9.52 Å². The fourth-order valence-corrected chi connectivity index (χ4v) is 4.45. The summed E-state index contributed by atoms with van der Waals surface area (Å²) in [5.41, 5.74) is 2.17. The molecule has 1 heterocycles. The Bertz CT molecular complexity index is 1040. The van der Waals surface area contributed by atoms with Crippen LogP contribution in [0.2, 0.25) is 0 Å². The highest BCUT2D eigenvalue weighted by atomic mass is 32.2. The molecule has 8 heteroatoms. The number of rotatable bonds is 5. The van der Waals surface area contributed by atoms with Crippen LogP contribution in [0.1, 0.15) is 20.9 Å². The Morgan fingerprint density at radius 3 is 2.46 bits per heavy atom. The molecule has 0 radical (unpaired) electrons. The Kier molecular flexibility index (Phi) is 5.06. The maximum absolute atomic E-state index is 12.5. The first-order valence-electron chi connectivity index (χ1n) is 7.78. The van der Waals surface area contributed by atoms with Gasteiger partial charge in [0.25, 0.3) is 15.9 Å². The fourth-order valence-electron chi connectivity index (χ4n) is 2.33. The van der Waals surface area contributed by atoms with Crippen molar-refractivity contribution in [2.24, 2.45) is 0 Å². The van der Waals surface area contributed by atoms with Crippen molar-refractivity contribution in [2.45, 2.75) is 18.7 Å². The number of nitrogens with zero attached hydrogens (tertiary/aromatic N) is 1. The summed E-state index contributed by atoms with van der Waals surface area (Å²) in [6.07, 6.45) is 0. The van der Waals surface area contributed by atoms with Gasteiger partial charge in [0, 0.05) is 5.69 Å². The predicted molar refractivity (Wildman–Crippen MR) is 103 cm³/mol. The van der Waals surface area contributed by atoms with Gasteiger partial charge < -0.3 is 5.32 Å². The second-order valence-corrected chi connectivity index (χ2v) is 8.36.